The van der Waals surface area contributed by atoms with Crippen LogP contribution in [-0.4, -0.2) is 147 Å². The molecule has 1 fully saturated rings. The lowest BCUT2D eigenvalue weighted by Gasteiger charge is -2.29. The van der Waals surface area contributed by atoms with E-state index in [0.29, 0.717) is 18.4 Å². The molecule has 3 aromatic rings. The highest BCUT2D eigenvalue weighted by atomic mass is 33.1. The van der Waals surface area contributed by atoms with Crippen LogP contribution in [-0.2, 0) is 59.2 Å². The van der Waals surface area contributed by atoms with Gasteiger partial charge in [-0.15, -0.1) is 0 Å². The maximum atomic E-state index is 14.9. The molecule has 5 rings (SSSR count). The van der Waals surface area contributed by atoms with E-state index in [1.54, 1.807) is 51.2 Å². The van der Waals surface area contributed by atoms with E-state index in [2.05, 4.69) is 42.2 Å². The second kappa shape index (κ2) is 30.9. The molecule has 422 valence electrons. The lowest BCUT2D eigenvalue weighted by atomic mass is 9.96. The van der Waals surface area contributed by atoms with Crippen LogP contribution in [0.5, 0.6) is 0 Å². The molecule has 13 N–H and O–H groups in total. The van der Waals surface area contributed by atoms with E-state index in [9.17, 15) is 48.9 Å². The van der Waals surface area contributed by atoms with Crippen molar-refractivity contribution < 1.29 is 53.6 Å². The molecule has 1 aliphatic carbocycles. The van der Waals surface area contributed by atoms with Gasteiger partial charge < -0.3 is 68.0 Å². The number of benzene rings is 2. The molecule has 0 spiro atoms. The normalized spacial score (nSPS) is 22.8. The van der Waals surface area contributed by atoms with E-state index < -0.39 is 114 Å². The highest BCUT2D eigenvalue weighted by molar-refractivity contribution is 8.76. The molecule has 2 aliphatic rings. The topological polar surface area (TPSA) is 315 Å². The minimum Gasteiger partial charge on any atom is -0.444 e. The van der Waals surface area contributed by atoms with Crippen LogP contribution in [0, 0.1) is 5.92 Å². The van der Waals surface area contributed by atoms with Gasteiger partial charge in [0.05, 0.1) is 36.9 Å². The Bertz CT molecular complexity index is 2440. The van der Waals surface area contributed by atoms with Gasteiger partial charge in [0.25, 0.3) is 0 Å². The summed E-state index contributed by atoms with van der Waals surface area (Å²) in [4.78, 5) is 102. The molecular formula is C55H79N9O11S2. The number of fused-ring (bicyclic) bond motifs is 1. The molecule has 1 aliphatic heterocycles. The first kappa shape index (κ1) is 61.9. The van der Waals surface area contributed by atoms with Gasteiger partial charge in [0, 0.05) is 48.7 Å². The van der Waals surface area contributed by atoms with E-state index in [0.717, 1.165) is 35.2 Å². The van der Waals surface area contributed by atoms with Crippen molar-refractivity contribution in [2.45, 2.75) is 159 Å². The first-order valence-electron chi connectivity index (χ1n) is 26.4. The fourth-order valence-electron chi connectivity index (χ4n) is 8.76. The van der Waals surface area contributed by atoms with Gasteiger partial charge in [0.1, 0.15) is 29.8 Å². The Morgan fingerprint density at radius 2 is 1.43 bits per heavy atom. The van der Waals surface area contributed by atoms with Gasteiger partial charge in [-0.05, 0) is 108 Å². The minimum absolute atomic E-state index is 0.0215. The Labute approximate surface area is 459 Å². The predicted molar refractivity (Wildman–Crippen MR) is 298 cm³/mol. The standard InChI is InChI=1S/C55H79N9O11S2/c1-33(66)41-24-23-37(48(68)63-46(30-65)34(2)67)31-76-77-32-47(64-49(69)40(56)26-35-16-8-6-9-17-35)53(73)61-44(27-36-18-10-7-11-19-36)51(71)62-45(28-38-29-58-42-21-13-12-20-39(38)42)52(72)60-43(50(70)59-41)22-14-15-25-57-54(74)75-55(3,4)5/h6-12,16-20,29,33-34,37,40-41,43-47,58,65-67H,13-15,21-28,30-32,56H2,1-5H3,(H,57,74)(H,59,70)(H,60,72)(H,61,73)(H,62,71)(H,63,68)(H,64,69). The Morgan fingerprint density at radius 3 is 2.08 bits per heavy atom. The summed E-state index contributed by atoms with van der Waals surface area (Å²) >= 11 is 0. The average molecular weight is 1110 g/mol. The van der Waals surface area contributed by atoms with Crippen LogP contribution in [0.2, 0.25) is 0 Å². The third-order valence-electron chi connectivity index (χ3n) is 13.2. The number of H-pyrrole nitrogens is 1. The molecule has 0 saturated carbocycles. The molecule has 77 heavy (non-hydrogen) atoms. The number of unbranched alkanes of at least 4 members (excludes halogenated alkanes) is 1. The van der Waals surface area contributed by atoms with Crippen molar-refractivity contribution in [3.63, 3.8) is 0 Å². The number of carbonyl (C=O) groups excluding carboxylic acids is 7. The summed E-state index contributed by atoms with van der Waals surface area (Å²) in [5.41, 5.74) is 9.73. The zero-order valence-corrected chi connectivity index (χ0v) is 46.3. The highest BCUT2D eigenvalue weighted by Crippen LogP contribution is 2.28. The number of aliphatic hydroxyl groups is 3. The fraction of sp³-hybridized carbons (Fsp3) is 0.545. The van der Waals surface area contributed by atoms with Crippen LogP contribution >= 0.6 is 21.6 Å². The molecule has 1 saturated heterocycles. The van der Waals surface area contributed by atoms with Crippen molar-refractivity contribution in [1.29, 1.82) is 0 Å². The van der Waals surface area contributed by atoms with Crippen LogP contribution in [0.1, 0.15) is 101 Å². The van der Waals surface area contributed by atoms with Crippen molar-refractivity contribution in [3.8, 4) is 0 Å². The predicted octanol–water partition coefficient (Wildman–Crippen LogP) is 2.48. The summed E-state index contributed by atoms with van der Waals surface area (Å²) < 4.78 is 5.36. The van der Waals surface area contributed by atoms with Gasteiger partial charge in [-0.3, -0.25) is 28.8 Å². The summed E-state index contributed by atoms with van der Waals surface area (Å²) in [7, 11) is 2.40. The molecule has 0 radical (unpaired) electrons. The maximum absolute atomic E-state index is 14.9. The van der Waals surface area contributed by atoms with Crippen LogP contribution in [0.25, 0.3) is 6.08 Å². The monoisotopic (exact) mass is 1110 g/mol. The van der Waals surface area contributed by atoms with Crippen LogP contribution < -0.4 is 43.0 Å². The van der Waals surface area contributed by atoms with Crippen molar-refractivity contribution in [2.75, 3.05) is 24.7 Å². The molecule has 22 heteroatoms. The summed E-state index contributed by atoms with van der Waals surface area (Å²) in [6.45, 7) is 7.80. The third-order valence-corrected chi connectivity index (χ3v) is 15.7. The lowest BCUT2D eigenvalue weighted by molar-refractivity contribution is -0.134. The van der Waals surface area contributed by atoms with Gasteiger partial charge in [-0.25, -0.2) is 4.79 Å². The van der Waals surface area contributed by atoms with E-state index in [1.165, 1.54) is 35.4 Å². The molecule has 1 aromatic heterocycles. The molecule has 10 unspecified atom stereocenters. The summed E-state index contributed by atoms with van der Waals surface area (Å²) in [5.74, 6) is -4.70. The van der Waals surface area contributed by atoms with Gasteiger partial charge in [-0.1, -0.05) is 94.4 Å². The number of amides is 7. The number of aryl methyl sites for hydroxylation is 1. The first-order valence-corrected chi connectivity index (χ1v) is 28.9. The smallest absolute Gasteiger partial charge is 0.407 e. The van der Waals surface area contributed by atoms with Crippen LogP contribution in [0.3, 0.4) is 0 Å². The Morgan fingerprint density at radius 1 is 0.805 bits per heavy atom. The number of hydrogen-bond acceptors (Lipinski definition) is 14. The summed E-state index contributed by atoms with van der Waals surface area (Å²) in [6, 6.07) is 10.0. The van der Waals surface area contributed by atoms with E-state index >= 15 is 0 Å². The molecule has 2 aromatic carbocycles. The molecule has 7 amide bonds. The molecule has 0 bridgehead atoms. The Kier molecular flexibility index (Phi) is 24.8. The number of hydrogen-bond donors (Lipinski definition) is 12. The second-order valence-electron chi connectivity index (χ2n) is 20.7. The van der Waals surface area contributed by atoms with E-state index in [4.69, 9.17) is 10.5 Å². The minimum atomic E-state index is -1.31. The molecule has 10 atom stereocenters. The Balaban J connectivity index is 1.53. The number of aromatic nitrogens is 1. The van der Waals surface area contributed by atoms with Gasteiger partial charge in [0.15, 0.2) is 0 Å². The largest absolute Gasteiger partial charge is 0.444 e. The number of ether oxygens (including phenoxy) is 1. The van der Waals surface area contributed by atoms with Crippen molar-refractivity contribution in [1.82, 2.24) is 42.2 Å². The summed E-state index contributed by atoms with van der Waals surface area (Å²) in [5, 5.41) is 51.2. The quantitative estimate of drug-likeness (QED) is 0.0644. The molecular weight excluding hydrogens is 1030 g/mol. The van der Waals surface area contributed by atoms with Gasteiger partial charge in [0.2, 0.25) is 35.4 Å². The van der Waals surface area contributed by atoms with Gasteiger partial charge >= 0.3 is 6.09 Å². The van der Waals surface area contributed by atoms with Crippen molar-refractivity contribution >= 4 is 69.2 Å². The second-order valence-corrected chi connectivity index (χ2v) is 23.3. The Hall–Kier alpha value is -5.91. The van der Waals surface area contributed by atoms with E-state index in [1.807, 2.05) is 48.6 Å². The van der Waals surface area contributed by atoms with Crippen LogP contribution in [0.15, 0.2) is 72.9 Å². The number of nitrogens with one attached hydrogen (secondary N) is 8. The van der Waals surface area contributed by atoms with Crippen molar-refractivity contribution in [3.05, 3.63) is 101 Å². The number of aliphatic hydroxyl groups excluding tert-OH is 3. The highest BCUT2D eigenvalue weighted by Gasteiger charge is 2.35. The van der Waals surface area contributed by atoms with Gasteiger partial charge in [-0.2, -0.15) is 0 Å². The maximum Gasteiger partial charge on any atom is 0.407 e. The van der Waals surface area contributed by atoms with Crippen molar-refractivity contribution in [2.24, 2.45) is 11.7 Å². The number of allylic oxidation sites excluding steroid dienone is 1. The lowest BCUT2D eigenvalue weighted by Crippen LogP contribution is -2.60. The number of aromatic amines is 1. The molecule has 20 nitrogen and oxygen atoms in total. The SMILES string of the molecule is CC(O)C(CO)NC(=O)C1CCC(C(C)O)NC(=O)C(CCCCNC(=O)OC(C)(C)C)NC(=O)C(Cc2c[nH]c3c2C=CCC3)NC(=O)C(Cc2ccccc2)NC(=O)C(NC(=O)C(N)Cc2ccccc2)CSSC1. The molecule has 2 heterocycles. The number of carbonyl (C=O) groups is 7. The first-order chi connectivity index (χ1) is 36.7. The zero-order chi connectivity index (χ0) is 56.1. The number of alkyl carbamates (subject to hydrolysis) is 1. The summed E-state index contributed by atoms with van der Waals surface area (Å²) in [6.07, 6.45) is 5.51. The average Bonchev–Trinajstić information content (AvgIpc) is 3.80. The number of nitrogens with two attached hydrogens (primary N) is 1. The van der Waals surface area contributed by atoms with Crippen LogP contribution in [0.4, 0.5) is 4.79 Å². The fourth-order valence-corrected chi connectivity index (χ4v) is 11.3. The van der Waals surface area contributed by atoms with E-state index in [-0.39, 0.29) is 56.6 Å². The number of rotatable bonds is 18. The third kappa shape index (κ3) is 20.8. The zero-order valence-electron chi connectivity index (χ0n) is 44.7.